The third-order valence-electron chi connectivity index (χ3n) is 4.06. The zero-order valence-corrected chi connectivity index (χ0v) is 21.9. The molecular weight excluding hydrogens is 453 g/mol. The first-order valence-electron chi connectivity index (χ1n) is 9.70. The van der Waals surface area contributed by atoms with Crippen molar-refractivity contribution in [3.63, 3.8) is 0 Å². The molecule has 2 atom stereocenters. The Kier molecular flexibility index (Phi) is 14.9. The third-order valence-corrected chi connectivity index (χ3v) is 9.21. The van der Waals surface area contributed by atoms with Crippen molar-refractivity contribution < 1.29 is 45.8 Å². The fourth-order valence-electron chi connectivity index (χ4n) is 2.17. The second kappa shape index (κ2) is 14.9. The molecule has 180 valence electrons. The van der Waals surface area contributed by atoms with E-state index in [2.05, 4.69) is 0 Å². The van der Waals surface area contributed by atoms with E-state index in [0.717, 1.165) is 12.2 Å². The number of phosphoric ester groups is 1. The maximum atomic E-state index is 12.0. The lowest BCUT2D eigenvalue weighted by Gasteiger charge is -2.27. The molecule has 0 aliphatic heterocycles. The molecule has 0 bridgehead atoms. The summed E-state index contributed by atoms with van der Waals surface area (Å²) < 4.78 is 42.9. The van der Waals surface area contributed by atoms with Crippen molar-refractivity contribution in [1.82, 2.24) is 0 Å². The molecule has 0 aromatic heterocycles. The summed E-state index contributed by atoms with van der Waals surface area (Å²) in [6, 6.07) is 0.700. The van der Waals surface area contributed by atoms with Gasteiger partial charge < -0.3 is 36.4 Å². The fraction of sp³-hybridized carbons (Fsp3) is 0.941. The van der Waals surface area contributed by atoms with Crippen LogP contribution in [0.15, 0.2) is 0 Å². The molecule has 0 amide bonds. The van der Waals surface area contributed by atoms with E-state index in [1.807, 2.05) is 21.1 Å². The number of thioether (sulfide) groups is 1. The number of phosphoric acid groups is 1. The van der Waals surface area contributed by atoms with Gasteiger partial charge in [-0.15, -0.1) is 0 Å². The quantitative estimate of drug-likeness (QED) is 0.0916. The molecule has 0 saturated carbocycles. The van der Waals surface area contributed by atoms with E-state index in [9.17, 15) is 14.3 Å². The molecule has 0 aliphatic rings. The Labute approximate surface area is 186 Å². The van der Waals surface area contributed by atoms with E-state index < -0.39 is 22.6 Å². The summed E-state index contributed by atoms with van der Waals surface area (Å²) in [5.74, 6) is 0.710. The average molecular weight is 492 g/mol. The number of nitrogens with zero attached hydrogens (tertiary/aromatic N) is 1. The number of hydrogen-bond acceptors (Lipinski definition) is 10. The highest BCUT2D eigenvalue weighted by Gasteiger charge is 2.36. The number of likely N-dealkylation sites (N-methyl/N-ethyl adjacent to an activating group) is 1. The van der Waals surface area contributed by atoms with Crippen molar-refractivity contribution in [1.29, 1.82) is 0 Å². The largest absolute Gasteiger partial charge is 0.756 e. The molecular formula is C17H38NO9PSSi. The minimum atomic E-state index is -4.39. The van der Waals surface area contributed by atoms with E-state index in [1.165, 1.54) is 0 Å². The van der Waals surface area contributed by atoms with Crippen molar-refractivity contribution in [3.05, 3.63) is 0 Å². The summed E-state index contributed by atoms with van der Waals surface area (Å²) in [4.78, 5) is 23.6. The van der Waals surface area contributed by atoms with Crippen LogP contribution in [0.1, 0.15) is 13.3 Å². The van der Waals surface area contributed by atoms with Gasteiger partial charge in [0.2, 0.25) is 0 Å². The Bertz CT molecular complexity index is 524. The normalized spacial score (nSPS) is 15.6. The van der Waals surface area contributed by atoms with Crippen LogP contribution in [0, 0.1) is 5.92 Å². The highest BCUT2D eigenvalue weighted by atomic mass is 32.2. The SMILES string of the molecule is CO[Si](CCCSCC(C)C(=O)OCCOP(=O)([O-])OCC[N+](C)(C)C)(OC)OC. The zero-order chi connectivity index (χ0) is 23.3. The maximum Gasteiger partial charge on any atom is 0.500 e. The van der Waals surface area contributed by atoms with Gasteiger partial charge in [-0.2, -0.15) is 11.8 Å². The second-order valence-corrected chi connectivity index (χ2v) is 13.3. The van der Waals surface area contributed by atoms with Crippen molar-refractivity contribution in [2.75, 3.05) is 80.3 Å². The van der Waals surface area contributed by atoms with Gasteiger partial charge in [-0.05, 0) is 12.2 Å². The monoisotopic (exact) mass is 491 g/mol. The van der Waals surface area contributed by atoms with Crippen LogP contribution < -0.4 is 4.89 Å². The lowest BCUT2D eigenvalue weighted by molar-refractivity contribution is -0.870. The average Bonchev–Trinajstić information content (AvgIpc) is 2.67. The molecule has 0 radical (unpaired) electrons. The minimum absolute atomic E-state index is 0.0288. The number of quaternary nitrogens is 1. The predicted molar refractivity (Wildman–Crippen MR) is 116 cm³/mol. The lowest BCUT2D eigenvalue weighted by atomic mass is 10.2. The molecule has 0 fully saturated rings. The van der Waals surface area contributed by atoms with Crippen molar-refractivity contribution in [2.24, 2.45) is 5.92 Å². The topological polar surface area (TPSA) is 113 Å². The van der Waals surface area contributed by atoms with Gasteiger partial charge in [0, 0.05) is 33.1 Å². The van der Waals surface area contributed by atoms with Gasteiger partial charge in [0.05, 0.1) is 33.7 Å². The molecule has 0 aromatic carbocycles. The van der Waals surface area contributed by atoms with E-state index in [0.29, 0.717) is 22.8 Å². The number of hydrogen-bond donors (Lipinski definition) is 0. The molecule has 13 heteroatoms. The molecule has 0 saturated heterocycles. The van der Waals surface area contributed by atoms with E-state index in [1.54, 1.807) is 40.0 Å². The van der Waals surface area contributed by atoms with Crippen molar-refractivity contribution in [2.45, 2.75) is 19.4 Å². The Morgan fingerprint density at radius 1 is 1.07 bits per heavy atom. The predicted octanol–water partition coefficient (Wildman–Crippen LogP) is 1.37. The summed E-state index contributed by atoms with van der Waals surface area (Å²) in [6.45, 7) is 1.89. The smallest absolute Gasteiger partial charge is 0.500 e. The van der Waals surface area contributed by atoms with Gasteiger partial charge in [-0.25, -0.2) is 0 Å². The van der Waals surface area contributed by atoms with Crippen LogP contribution in [0.3, 0.4) is 0 Å². The third kappa shape index (κ3) is 14.1. The van der Waals surface area contributed by atoms with Crippen LogP contribution in [0.5, 0.6) is 0 Å². The molecule has 0 aromatic rings. The first kappa shape index (κ1) is 30.0. The van der Waals surface area contributed by atoms with Gasteiger partial charge >= 0.3 is 14.8 Å². The van der Waals surface area contributed by atoms with Gasteiger partial charge in [-0.3, -0.25) is 9.36 Å². The Morgan fingerprint density at radius 3 is 2.17 bits per heavy atom. The van der Waals surface area contributed by atoms with Gasteiger partial charge in [0.15, 0.2) is 0 Å². The molecule has 0 aliphatic carbocycles. The molecule has 0 spiro atoms. The first-order valence-corrected chi connectivity index (χ1v) is 14.3. The van der Waals surface area contributed by atoms with E-state index >= 15 is 0 Å². The van der Waals surface area contributed by atoms with Crippen LogP contribution in [0.4, 0.5) is 0 Å². The zero-order valence-electron chi connectivity index (χ0n) is 19.2. The second-order valence-electron chi connectivity index (χ2n) is 7.67. The van der Waals surface area contributed by atoms with Crippen LogP contribution in [-0.4, -0.2) is 99.6 Å². The number of esters is 1. The standard InChI is InChI=1S/C17H38NO9PSSi/c1-16(15-29-13-8-14-30(22-5,23-6)24-7)17(19)25-11-12-27-28(20,21)26-10-9-18(2,3)4/h16H,8-15H2,1-7H3. The van der Waals surface area contributed by atoms with Gasteiger partial charge in [0.25, 0.3) is 7.82 Å². The van der Waals surface area contributed by atoms with Crippen molar-refractivity contribution >= 4 is 34.4 Å². The molecule has 2 unspecified atom stereocenters. The summed E-state index contributed by atoms with van der Waals surface area (Å²) in [6.07, 6.45) is 0.842. The molecule has 30 heavy (non-hydrogen) atoms. The first-order chi connectivity index (χ1) is 13.9. The lowest BCUT2D eigenvalue weighted by Crippen LogP contribution is -2.42. The highest BCUT2D eigenvalue weighted by molar-refractivity contribution is 7.99. The molecule has 0 heterocycles. The van der Waals surface area contributed by atoms with E-state index in [-0.39, 0.29) is 25.7 Å². The van der Waals surface area contributed by atoms with Crippen LogP contribution in [-0.2, 0) is 36.4 Å². The Morgan fingerprint density at radius 2 is 1.63 bits per heavy atom. The summed E-state index contributed by atoms with van der Waals surface area (Å²) >= 11 is 1.62. The van der Waals surface area contributed by atoms with E-state index in [4.69, 9.17) is 27.1 Å². The highest BCUT2D eigenvalue weighted by Crippen LogP contribution is 2.37. The maximum absolute atomic E-state index is 12.0. The van der Waals surface area contributed by atoms with Gasteiger partial charge in [0.1, 0.15) is 19.8 Å². The number of carbonyl (C=O) groups is 1. The Hall–Kier alpha value is -0.0131. The number of carbonyl (C=O) groups excluding carboxylic acids is 1. The van der Waals surface area contributed by atoms with Crippen LogP contribution in [0.25, 0.3) is 0 Å². The van der Waals surface area contributed by atoms with Crippen molar-refractivity contribution in [3.8, 4) is 0 Å². The number of ether oxygens (including phenoxy) is 1. The fourth-order valence-corrected chi connectivity index (χ4v) is 5.83. The minimum Gasteiger partial charge on any atom is -0.756 e. The summed E-state index contributed by atoms with van der Waals surface area (Å²) in [5.41, 5.74) is 0. The molecule has 0 N–H and O–H groups in total. The molecule has 0 rings (SSSR count). The van der Waals surface area contributed by atoms with Gasteiger partial charge in [-0.1, -0.05) is 6.92 Å². The summed E-state index contributed by atoms with van der Waals surface area (Å²) in [7, 11) is 3.57. The van der Waals surface area contributed by atoms with Crippen LogP contribution >= 0.6 is 19.6 Å². The Balaban J connectivity index is 3.95. The summed E-state index contributed by atoms with van der Waals surface area (Å²) in [5, 5.41) is 0. The number of rotatable bonds is 18. The van der Waals surface area contributed by atoms with Crippen LogP contribution in [0.2, 0.25) is 6.04 Å². The molecule has 10 nitrogen and oxygen atoms in total.